The molecule has 1 unspecified atom stereocenters. The molecule has 1 fully saturated rings. The number of amides is 1. The predicted octanol–water partition coefficient (Wildman–Crippen LogP) is 5.13. The molecule has 0 heterocycles. The van der Waals surface area contributed by atoms with Gasteiger partial charge in [-0.25, -0.2) is 4.79 Å². The average Bonchev–Trinajstić information content (AvgIpc) is 3.26. The molecule has 11 heteroatoms. The number of ether oxygens (including phenoxy) is 1. The predicted molar refractivity (Wildman–Crippen MR) is 164 cm³/mol. The van der Waals surface area contributed by atoms with E-state index in [0.717, 1.165) is 19.3 Å². The molecular weight excluding hydrogens is 568 g/mol. The van der Waals surface area contributed by atoms with Crippen molar-refractivity contribution in [3.8, 4) is 0 Å². The van der Waals surface area contributed by atoms with E-state index >= 15 is 0 Å². The highest BCUT2D eigenvalue weighted by Gasteiger charge is 2.40. The van der Waals surface area contributed by atoms with Crippen LogP contribution in [0, 0.1) is 22.0 Å². The van der Waals surface area contributed by atoms with Gasteiger partial charge in [0, 0.05) is 19.3 Å². The van der Waals surface area contributed by atoms with Gasteiger partial charge < -0.3 is 25.1 Å². The molecule has 0 radical (unpaired) electrons. The number of allylic oxidation sites excluding steroid dienone is 2. The molecule has 1 saturated carbocycles. The Morgan fingerprint density at radius 2 is 1.66 bits per heavy atom. The summed E-state index contributed by atoms with van der Waals surface area (Å²) in [7, 11) is 0. The highest BCUT2D eigenvalue weighted by molar-refractivity contribution is 5.84. The van der Waals surface area contributed by atoms with Crippen LogP contribution in [0.2, 0.25) is 0 Å². The van der Waals surface area contributed by atoms with Gasteiger partial charge in [-0.15, -0.1) is 10.1 Å². The van der Waals surface area contributed by atoms with Gasteiger partial charge in [0.15, 0.2) is 0 Å². The van der Waals surface area contributed by atoms with Crippen LogP contribution in [0.4, 0.5) is 0 Å². The van der Waals surface area contributed by atoms with Gasteiger partial charge in [-0.2, -0.15) is 0 Å². The number of benzene rings is 1. The van der Waals surface area contributed by atoms with Gasteiger partial charge in [0.1, 0.15) is 25.0 Å². The Balaban J connectivity index is 1.66. The van der Waals surface area contributed by atoms with Gasteiger partial charge in [0.25, 0.3) is 5.09 Å². The maximum absolute atomic E-state index is 12.4. The Labute approximate surface area is 260 Å². The number of aliphatic hydroxyl groups excluding tert-OH is 2. The van der Waals surface area contributed by atoms with Crippen LogP contribution in [-0.4, -0.2) is 51.2 Å². The normalized spacial score (nSPS) is 20.4. The zero-order valence-corrected chi connectivity index (χ0v) is 26.2. The van der Waals surface area contributed by atoms with E-state index in [0.29, 0.717) is 56.1 Å². The fourth-order valence-corrected chi connectivity index (χ4v) is 5.64. The van der Waals surface area contributed by atoms with Crippen LogP contribution in [0.25, 0.3) is 0 Å². The monoisotopic (exact) mass is 618 g/mol. The van der Waals surface area contributed by atoms with E-state index < -0.39 is 29.3 Å². The maximum Gasteiger partial charge on any atom is 0.328 e. The number of hydrogen-bond acceptors (Lipinski definition) is 9. The van der Waals surface area contributed by atoms with Crippen LogP contribution >= 0.6 is 0 Å². The van der Waals surface area contributed by atoms with Crippen molar-refractivity contribution in [3.05, 3.63) is 57.7 Å². The van der Waals surface area contributed by atoms with Crippen molar-refractivity contribution in [2.75, 3.05) is 0 Å². The number of Topliss-reactive ketones (excluding diaryl/α,β-unsaturated/α-hetero) is 1. The van der Waals surface area contributed by atoms with Crippen molar-refractivity contribution >= 4 is 17.7 Å². The lowest BCUT2D eigenvalue weighted by atomic mass is 9.86. The van der Waals surface area contributed by atoms with Crippen molar-refractivity contribution in [3.63, 3.8) is 0 Å². The van der Waals surface area contributed by atoms with Gasteiger partial charge in [-0.05, 0) is 68.4 Å². The van der Waals surface area contributed by atoms with Crippen molar-refractivity contribution in [1.29, 1.82) is 0 Å². The second-order valence-electron chi connectivity index (χ2n) is 11.7. The zero-order chi connectivity index (χ0) is 32.3. The zero-order valence-electron chi connectivity index (χ0n) is 26.2. The van der Waals surface area contributed by atoms with E-state index in [4.69, 9.17) is 4.74 Å². The number of nitrogens with one attached hydrogen (secondary N) is 1. The molecule has 0 saturated heterocycles. The minimum Gasteiger partial charge on any atom is -0.459 e. The Hall–Kier alpha value is -3.31. The molecule has 11 nitrogen and oxygen atoms in total. The minimum atomic E-state index is -0.889. The van der Waals surface area contributed by atoms with E-state index in [1.165, 1.54) is 19.8 Å². The molecule has 0 aromatic heterocycles. The molecule has 2 rings (SSSR count). The summed E-state index contributed by atoms with van der Waals surface area (Å²) in [6, 6.07) is 5.88. The molecule has 0 aliphatic heterocycles. The summed E-state index contributed by atoms with van der Waals surface area (Å²) in [4.78, 5) is 51.9. The number of carbonyl (C=O) groups is 3. The number of carbonyl (C=O) groups excluding carboxylic acids is 3. The summed E-state index contributed by atoms with van der Waals surface area (Å²) >= 11 is 0. The molecular formula is C33H50N2O9. The quantitative estimate of drug-likeness (QED) is 0.0525. The minimum absolute atomic E-state index is 0.0960. The number of aliphatic hydroxyl groups is 2. The van der Waals surface area contributed by atoms with Gasteiger partial charge in [0.05, 0.1) is 12.2 Å². The number of esters is 1. The summed E-state index contributed by atoms with van der Waals surface area (Å²) in [5, 5.41) is 33.2. The topological polar surface area (TPSA) is 165 Å². The lowest BCUT2D eigenvalue weighted by Crippen LogP contribution is -2.39. The summed E-state index contributed by atoms with van der Waals surface area (Å²) in [5.74, 6) is -0.874. The first kappa shape index (κ1) is 36.9. The van der Waals surface area contributed by atoms with E-state index in [1.54, 1.807) is 24.3 Å². The molecule has 246 valence electrons. The van der Waals surface area contributed by atoms with Gasteiger partial charge in [0.2, 0.25) is 5.91 Å². The highest BCUT2D eigenvalue weighted by Crippen LogP contribution is 2.38. The van der Waals surface area contributed by atoms with E-state index in [2.05, 4.69) is 17.1 Å². The second kappa shape index (κ2) is 20.6. The van der Waals surface area contributed by atoms with Crippen molar-refractivity contribution in [1.82, 2.24) is 5.32 Å². The molecule has 44 heavy (non-hydrogen) atoms. The van der Waals surface area contributed by atoms with Crippen LogP contribution < -0.4 is 5.32 Å². The Kier molecular flexibility index (Phi) is 17.3. The molecule has 5 atom stereocenters. The number of unbranched alkanes of at least 4 members (excludes halogenated alkanes) is 5. The molecule has 1 aliphatic rings. The van der Waals surface area contributed by atoms with E-state index in [1.807, 2.05) is 12.2 Å². The van der Waals surface area contributed by atoms with Gasteiger partial charge in [-0.3, -0.25) is 9.59 Å². The second-order valence-corrected chi connectivity index (χ2v) is 11.7. The smallest absolute Gasteiger partial charge is 0.328 e. The summed E-state index contributed by atoms with van der Waals surface area (Å²) < 4.78 is 5.28. The molecule has 1 aromatic carbocycles. The van der Waals surface area contributed by atoms with E-state index in [9.17, 15) is 34.7 Å². The van der Waals surface area contributed by atoms with Crippen LogP contribution in [0.15, 0.2) is 36.4 Å². The maximum atomic E-state index is 12.4. The first-order valence-electron chi connectivity index (χ1n) is 15.9. The third kappa shape index (κ3) is 14.0. The Morgan fingerprint density at radius 1 is 0.977 bits per heavy atom. The molecule has 3 N–H and O–H groups in total. The van der Waals surface area contributed by atoms with Crippen molar-refractivity contribution < 1.29 is 39.3 Å². The molecule has 0 spiro atoms. The SMILES string of the molecule is CCCCCCCC(=O)CC[C@@H]1[C@@H](CC=CCCCC(=O)NC(C)C(=O)OCc2ccccc2CO[N+](=O)[O-])[C@@H](O)C[C@H]1O. The lowest BCUT2D eigenvalue weighted by molar-refractivity contribution is -0.763. The number of ketones is 1. The standard InChI is InChI=1S/C33H50N2O9/c1-3-4-5-6-9-16-27(36)19-20-29-28(30(37)21-31(29)38)17-10-7-8-11-18-32(39)34-24(2)33(40)43-22-25-14-12-13-15-26(25)23-44-35(41)42/h7,10,12-15,24,28-31,37-38H,3-6,8-9,11,16-23H2,1-2H3,(H,34,39)/t24?,28-,29-,30+,31-/m1/s1. The van der Waals surface area contributed by atoms with E-state index in [-0.39, 0.29) is 43.2 Å². The van der Waals surface area contributed by atoms with Crippen LogP contribution in [0.1, 0.15) is 108 Å². The molecule has 0 bridgehead atoms. The van der Waals surface area contributed by atoms with Crippen molar-refractivity contribution in [2.24, 2.45) is 11.8 Å². The summed E-state index contributed by atoms with van der Waals surface area (Å²) in [6.07, 6.45) is 12.2. The van der Waals surface area contributed by atoms with Crippen molar-refractivity contribution in [2.45, 2.75) is 129 Å². The lowest BCUT2D eigenvalue weighted by Gasteiger charge is -2.22. The number of rotatable bonds is 22. The highest BCUT2D eigenvalue weighted by atomic mass is 16.9. The van der Waals surface area contributed by atoms with Gasteiger partial charge in [-0.1, -0.05) is 69.0 Å². The Bertz CT molecular complexity index is 1080. The first-order chi connectivity index (χ1) is 21.1. The molecule has 1 amide bonds. The summed E-state index contributed by atoms with van der Waals surface area (Å²) in [5.41, 5.74) is 1.09. The summed E-state index contributed by atoms with van der Waals surface area (Å²) in [6.45, 7) is 3.33. The Morgan fingerprint density at radius 3 is 2.36 bits per heavy atom. The van der Waals surface area contributed by atoms with Crippen LogP contribution in [0.5, 0.6) is 0 Å². The average molecular weight is 619 g/mol. The number of nitrogens with zero attached hydrogens (tertiary/aromatic N) is 1. The van der Waals surface area contributed by atoms with Crippen LogP contribution in [0.3, 0.4) is 0 Å². The third-order valence-electron chi connectivity index (χ3n) is 8.23. The third-order valence-corrected chi connectivity index (χ3v) is 8.23. The van der Waals surface area contributed by atoms with Crippen LogP contribution in [-0.2, 0) is 37.2 Å². The molecule has 1 aliphatic carbocycles. The van der Waals surface area contributed by atoms with Gasteiger partial charge >= 0.3 is 5.97 Å². The largest absolute Gasteiger partial charge is 0.459 e. The fourth-order valence-electron chi connectivity index (χ4n) is 5.64. The fraction of sp³-hybridized carbons (Fsp3) is 0.667. The number of hydrogen-bond donors (Lipinski definition) is 3. The first-order valence-corrected chi connectivity index (χ1v) is 15.9. The molecule has 1 aromatic rings.